The monoisotopic (exact) mass is 211 g/mol. The standard InChI is InChI=1S/C8H9N3O2S/c1-5-10-11-4-6(2-3-7(12)13)9-8(11)14-5/h4H,2-3H2,1H3,(H,12,13). The Hall–Kier alpha value is -1.43. The minimum Gasteiger partial charge on any atom is -0.481 e. The van der Waals surface area contributed by atoms with Crippen molar-refractivity contribution in [1.82, 2.24) is 14.6 Å². The van der Waals surface area contributed by atoms with Gasteiger partial charge in [-0.1, -0.05) is 11.3 Å². The molecule has 0 aliphatic heterocycles. The van der Waals surface area contributed by atoms with E-state index in [0.717, 1.165) is 15.7 Å². The summed E-state index contributed by atoms with van der Waals surface area (Å²) >= 11 is 1.50. The van der Waals surface area contributed by atoms with E-state index in [0.29, 0.717) is 6.42 Å². The Balaban J connectivity index is 2.19. The normalized spacial score (nSPS) is 10.9. The lowest BCUT2D eigenvalue weighted by Crippen LogP contribution is -1.97. The Labute approximate surface area is 84.0 Å². The molecule has 0 saturated carbocycles. The number of carboxylic acids is 1. The van der Waals surface area contributed by atoms with Crippen molar-refractivity contribution in [2.75, 3.05) is 0 Å². The molecule has 74 valence electrons. The van der Waals surface area contributed by atoms with Crippen LogP contribution in [0.1, 0.15) is 17.1 Å². The first-order valence-corrected chi connectivity index (χ1v) is 5.00. The van der Waals surface area contributed by atoms with Gasteiger partial charge in [0.15, 0.2) is 0 Å². The molecule has 2 aromatic heterocycles. The van der Waals surface area contributed by atoms with Crippen LogP contribution < -0.4 is 0 Å². The predicted octanol–water partition coefficient (Wildman–Crippen LogP) is 1.12. The first-order valence-electron chi connectivity index (χ1n) is 4.18. The van der Waals surface area contributed by atoms with E-state index in [-0.39, 0.29) is 6.42 Å². The van der Waals surface area contributed by atoms with Gasteiger partial charge in [0.25, 0.3) is 0 Å². The number of nitrogens with zero attached hydrogens (tertiary/aromatic N) is 3. The number of hydrogen-bond donors (Lipinski definition) is 1. The number of fused-ring (bicyclic) bond motifs is 1. The SMILES string of the molecule is Cc1nn2cc(CCC(=O)O)nc2s1. The number of rotatable bonds is 3. The van der Waals surface area contributed by atoms with Crippen molar-refractivity contribution in [3.63, 3.8) is 0 Å². The highest BCUT2D eigenvalue weighted by Gasteiger charge is 2.06. The number of aromatic nitrogens is 3. The van der Waals surface area contributed by atoms with E-state index in [1.165, 1.54) is 11.3 Å². The third kappa shape index (κ3) is 1.74. The van der Waals surface area contributed by atoms with Gasteiger partial charge >= 0.3 is 5.97 Å². The molecule has 0 radical (unpaired) electrons. The summed E-state index contributed by atoms with van der Waals surface area (Å²) < 4.78 is 1.69. The van der Waals surface area contributed by atoms with Crippen molar-refractivity contribution in [3.8, 4) is 0 Å². The fourth-order valence-electron chi connectivity index (χ4n) is 1.20. The van der Waals surface area contributed by atoms with Crippen molar-refractivity contribution in [3.05, 3.63) is 16.9 Å². The van der Waals surface area contributed by atoms with Crippen LogP contribution in [0.3, 0.4) is 0 Å². The molecule has 2 aromatic rings. The predicted molar refractivity (Wildman–Crippen MR) is 51.6 cm³/mol. The summed E-state index contributed by atoms with van der Waals surface area (Å²) in [6, 6.07) is 0. The third-order valence-electron chi connectivity index (χ3n) is 1.79. The Kier molecular flexibility index (Phi) is 2.20. The zero-order valence-corrected chi connectivity index (χ0v) is 8.41. The van der Waals surface area contributed by atoms with Gasteiger partial charge < -0.3 is 5.11 Å². The van der Waals surface area contributed by atoms with Gasteiger partial charge in [-0.25, -0.2) is 9.50 Å². The molecule has 1 N–H and O–H groups in total. The largest absolute Gasteiger partial charge is 0.481 e. The minimum atomic E-state index is -0.800. The number of aryl methyl sites for hydroxylation is 2. The van der Waals surface area contributed by atoms with Crippen molar-refractivity contribution in [2.24, 2.45) is 0 Å². The molecule has 0 saturated heterocycles. The van der Waals surface area contributed by atoms with E-state index in [4.69, 9.17) is 5.11 Å². The molecule has 2 heterocycles. The van der Waals surface area contributed by atoms with Gasteiger partial charge in [0, 0.05) is 6.42 Å². The average molecular weight is 211 g/mol. The highest BCUT2D eigenvalue weighted by Crippen LogP contribution is 2.14. The summed E-state index contributed by atoms with van der Waals surface area (Å²) in [4.78, 5) is 15.4. The molecular weight excluding hydrogens is 202 g/mol. The molecule has 0 aliphatic rings. The third-order valence-corrected chi connectivity index (χ3v) is 2.63. The van der Waals surface area contributed by atoms with Crippen molar-refractivity contribution < 1.29 is 9.90 Å². The van der Waals surface area contributed by atoms with Gasteiger partial charge in [0.05, 0.1) is 18.3 Å². The highest BCUT2D eigenvalue weighted by molar-refractivity contribution is 7.16. The molecule has 0 fully saturated rings. The summed E-state index contributed by atoms with van der Waals surface area (Å²) in [5, 5.41) is 13.6. The topological polar surface area (TPSA) is 67.5 Å². The van der Waals surface area contributed by atoms with E-state index < -0.39 is 5.97 Å². The molecule has 0 aliphatic carbocycles. The van der Waals surface area contributed by atoms with Crippen LogP contribution >= 0.6 is 11.3 Å². The molecule has 0 unspecified atom stereocenters. The van der Waals surface area contributed by atoms with Crippen LogP contribution in [0.4, 0.5) is 0 Å². The van der Waals surface area contributed by atoms with Crippen LogP contribution in [-0.4, -0.2) is 25.7 Å². The number of hydrogen-bond acceptors (Lipinski definition) is 4. The van der Waals surface area contributed by atoms with Crippen molar-refractivity contribution in [2.45, 2.75) is 19.8 Å². The van der Waals surface area contributed by atoms with Gasteiger partial charge in [-0.3, -0.25) is 4.79 Å². The quantitative estimate of drug-likeness (QED) is 0.826. The number of carboxylic acid groups (broad SMARTS) is 1. The van der Waals surface area contributed by atoms with Crippen molar-refractivity contribution >= 4 is 22.3 Å². The van der Waals surface area contributed by atoms with Crippen molar-refractivity contribution in [1.29, 1.82) is 0 Å². The fourth-order valence-corrected chi connectivity index (χ4v) is 1.94. The van der Waals surface area contributed by atoms with Crippen LogP contribution in [0.2, 0.25) is 0 Å². The van der Waals surface area contributed by atoms with Gasteiger partial charge in [-0.05, 0) is 6.92 Å². The number of imidazole rings is 1. The molecule has 5 nitrogen and oxygen atoms in total. The molecule has 0 aromatic carbocycles. The summed E-state index contributed by atoms with van der Waals surface area (Å²) in [5.41, 5.74) is 0.783. The van der Waals surface area contributed by atoms with Crippen LogP contribution in [-0.2, 0) is 11.2 Å². The molecule has 2 rings (SSSR count). The zero-order chi connectivity index (χ0) is 10.1. The molecular formula is C8H9N3O2S. The van der Waals surface area contributed by atoms with E-state index >= 15 is 0 Å². The molecule has 6 heteroatoms. The zero-order valence-electron chi connectivity index (χ0n) is 7.60. The summed E-state index contributed by atoms with van der Waals surface area (Å²) in [7, 11) is 0. The van der Waals surface area contributed by atoms with E-state index in [1.54, 1.807) is 10.7 Å². The molecule has 0 atom stereocenters. The first kappa shape index (κ1) is 9.14. The second-order valence-corrected chi connectivity index (χ2v) is 4.13. The van der Waals surface area contributed by atoms with E-state index in [2.05, 4.69) is 10.1 Å². The molecule has 14 heavy (non-hydrogen) atoms. The summed E-state index contributed by atoms with van der Waals surface area (Å²) in [6.45, 7) is 1.91. The number of carbonyl (C=O) groups is 1. The van der Waals surface area contributed by atoms with Gasteiger partial charge in [0.1, 0.15) is 5.01 Å². The molecule has 0 amide bonds. The second kappa shape index (κ2) is 3.38. The smallest absolute Gasteiger partial charge is 0.303 e. The van der Waals surface area contributed by atoms with Gasteiger partial charge in [0.2, 0.25) is 4.96 Å². The minimum absolute atomic E-state index is 0.115. The van der Waals surface area contributed by atoms with E-state index in [1.807, 2.05) is 6.92 Å². The van der Waals surface area contributed by atoms with E-state index in [9.17, 15) is 4.79 Å². The van der Waals surface area contributed by atoms with Gasteiger partial charge in [-0.2, -0.15) is 5.10 Å². The Morgan fingerprint density at radius 3 is 3.14 bits per heavy atom. The maximum absolute atomic E-state index is 10.3. The summed E-state index contributed by atoms with van der Waals surface area (Å²) in [6.07, 6.45) is 2.36. The lowest BCUT2D eigenvalue weighted by molar-refractivity contribution is -0.136. The maximum atomic E-state index is 10.3. The highest BCUT2D eigenvalue weighted by atomic mass is 32.1. The summed E-state index contributed by atoms with van der Waals surface area (Å²) in [5.74, 6) is -0.800. The Morgan fingerprint density at radius 1 is 1.71 bits per heavy atom. The Morgan fingerprint density at radius 2 is 2.50 bits per heavy atom. The molecule has 0 spiro atoms. The Bertz CT molecular complexity index is 442. The van der Waals surface area contributed by atoms with Crippen LogP contribution in [0.15, 0.2) is 6.20 Å². The van der Waals surface area contributed by atoms with Crippen LogP contribution in [0, 0.1) is 6.92 Å². The molecule has 0 bridgehead atoms. The van der Waals surface area contributed by atoms with Crippen LogP contribution in [0.5, 0.6) is 0 Å². The first-order chi connectivity index (χ1) is 6.65. The fraction of sp³-hybridized carbons (Fsp3) is 0.375. The lowest BCUT2D eigenvalue weighted by Gasteiger charge is -1.89. The van der Waals surface area contributed by atoms with Crippen LogP contribution in [0.25, 0.3) is 4.96 Å². The lowest BCUT2D eigenvalue weighted by atomic mass is 10.2. The van der Waals surface area contributed by atoms with Gasteiger partial charge in [-0.15, -0.1) is 0 Å². The maximum Gasteiger partial charge on any atom is 0.303 e. The number of aliphatic carboxylic acids is 1. The second-order valence-electron chi connectivity index (χ2n) is 2.97. The average Bonchev–Trinajstić information content (AvgIpc) is 2.57.